The Hall–Kier alpha value is -4.46. The number of nitrogens with one attached hydrogen (secondary N) is 3. The molecule has 4 aromatic rings. The summed E-state index contributed by atoms with van der Waals surface area (Å²) in [5.41, 5.74) is 3.64. The summed E-state index contributed by atoms with van der Waals surface area (Å²) >= 11 is 0. The number of carbonyl (C=O) groups excluding carboxylic acids is 3. The Kier molecular flexibility index (Phi) is 6.01. The van der Waals surface area contributed by atoms with Crippen LogP contribution in [0, 0.1) is 0 Å². The van der Waals surface area contributed by atoms with Gasteiger partial charge in [-0.3, -0.25) is 14.4 Å². The molecule has 3 amide bonds. The smallest absolute Gasteiger partial charge is 0.254 e. The zero-order valence-corrected chi connectivity index (χ0v) is 19.2. The van der Waals surface area contributed by atoms with E-state index in [4.69, 9.17) is 4.98 Å². The second-order valence-electron chi connectivity index (χ2n) is 8.59. The van der Waals surface area contributed by atoms with Gasteiger partial charge in [-0.25, -0.2) is 4.98 Å². The summed E-state index contributed by atoms with van der Waals surface area (Å²) < 4.78 is 1.97. The number of aromatic nitrogens is 2. The summed E-state index contributed by atoms with van der Waals surface area (Å²) in [6.07, 6.45) is 0.333. The van der Waals surface area contributed by atoms with Crippen LogP contribution in [-0.4, -0.2) is 33.3 Å². The van der Waals surface area contributed by atoms with Gasteiger partial charge in [-0.05, 0) is 36.2 Å². The van der Waals surface area contributed by atoms with Crippen LogP contribution in [0.1, 0.15) is 34.2 Å². The van der Waals surface area contributed by atoms with Gasteiger partial charge >= 0.3 is 0 Å². The second kappa shape index (κ2) is 9.42. The number of hydrogen-bond donors (Lipinski definition) is 3. The van der Waals surface area contributed by atoms with Gasteiger partial charge in [-0.2, -0.15) is 0 Å². The van der Waals surface area contributed by atoms with Crippen molar-refractivity contribution in [3.63, 3.8) is 0 Å². The van der Waals surface area contributed by atoms with E-state index < -0.39 is 23.9 Å². The van der Waals surface area contributed by atoms with E-state index in [9.17, 15) is 14.4 Å². The predicted octanol–water partition coefficient (Wildman–Crippen LogP) is 3.11. The molecule has 8 heteroatoms. The number of benzene rings is 3. The summed E-state index contributed by atoms with van der Waals surface area (Å²) in [6.45, 7) is 0. The Morgan fingerprint density at radius 1 is 1.00 bits per heavy atom. The summed E-state index contributed by atoms with van der Waals surface area (Å²) in [4.78, 5) is 43.3. The van der Waals surface area contributed by atoms with Crippen molar-refractivity contribution in [2.45, 2.75) is 24.9 Å². The van der Waals surface area contributed by atoms with Gasteiger partial charge < -0.3 is 20.5 Å². The number of aryl methyl sites for hydroxylation is 1. The Bertz CT molecular complexity index is 1410. The second-order valence-corrected chi connectivity index (χ2v) is 8.59. The largest absolute Gasteiger partial charge is 0.346 e. The first-order valence-electron chi connectivity index (χ1n) is 11.4. The highest BCUT2D eigenvalue weighted by Crippen LogP contribution is 2.23. The highest BCUT2D eigenvalue weighted by atomic mass is 16.2. The third kappa shape index (κ3) is 4.63. The fraction of sp³-hybridized carbons (Fsp3) is 0.185. The molecule has 2 atom stereocenters. The Balaban J connectivity index is 1.38. The Labute approximate surface area is 202 Å². The maximum atomic E-state index is 13.2. The molecule has 0 saturated carbocycles. The lowest BCUT2D eigenvalue weighted by Gasteiger charge is -2.21. The molecule has 0 bridgehead atoms. The molecule has 1 aromatic heterocycles. The molecular weight excluding hydrogens is 442 g/mol. The topological polar surface area (TPSA) is 105 Å². The first kappa shape index (κ1) is 22.3. The molecule has 8 nitrogen and oxygen atoms in total. The number of carbonyl (C=O) groups is 3. The van der Waals surface area contributed by atoms with Crippen molar-refractivity contribution in [2.75, 3.05) is 5.32 Å². The van der Waals surface area contributed by atoms with Crippen LogP contribution >= 0.6 is 0 Å². The molecular formula is C27H25N5O3. The molecule has 3 N–H and O–H groups in total. The van der Waals surface area contributed by atoms with Gasteiger partial charge in [0, 0.05) is 7.05 Å². The predicted molar refractivity (Wildman–Crippen MR) is 133 cm³/mol. The van der Waals surface area contributed by atoms with Crippen LogP contribution in [0.3, 0.4) is 0 Å². The van der Waals surface area contributed by atoms with E-state index in [1.807, 2.05) is 66.2 Å². The minimum absolute atomic E-state index is 0.194. The monoisotopic (exact) mass is 467 g/mol. The van der Waals surface area contributed by atoms with Crippen LogP contribution in [0.4, 0.5) is 5.69 Å². The van der Waals surface area contributed by atoms with Crippen LogP contribution in [0.15, 0.2) is 78.9 Å². The maximum absolute atomic E-state index is 13.2. The van der Waals surface area contributed by atoms with Crippen molar-refractivity contribution in [1.29, 1.82) is 0 Å². The molecule has 0 unspecified atom stereocenters. The van der Waals surface area contributed by atoms with Crippen LogP contribution in [0.5, 0.6) is 0 Å². The third-order valence-electron chi connectivity index (χ3n) is 6.19. The highest BCUT2D eigenvalue weighted by Gasteiger charge is 2.30. The van der Waals surface area contributed by atoms with Gasteiger partial charge in [0.25, 0.3) is 5.91 Å². The van der Waals surface area contributed by atoms with Crippen molar-refractivity contribution in [3.8, 4) is 0 Å². The van der Waals surface area contributed by atoms with Crippen LogP contribution < -0.4 is 16.0 Å². The Morgan fingerprint density at radius 3 is 2.51 bits per heavy atom. The van der Waals surface area contributed by atoms with Gasteiger partial charge in [-0.1, -0.05) is 54.6 Å². The van der Waals surface area contributed by atoms with E-state index in [0.717, 1.165) is 16.6 Å². The van der Waals surface area contributed by atoms with E-state index in [-0.39, 0.29) is 12.3 Å². The first-order chi connectivity index (χ1) is 17.0. The van der Waals surface area contributed by atoms with Gasteiger partial charge in [0.1, 0.15) is 11.9 Å². The van der Waals surface area contributed by atoms with E-state index in [2.05, 4.69) is 16.0 Å². The zero-order valence-electron chi connectivity index (χ0n) is 19.2. The minimum atomic E-state index is -0.993. The summed E-state index contributed by atoms with van der Waals surface area (Å²) in [5.74, 6) is -0.469. The normalized spacial score (nSPS) is 16.1. The number of hydrogen-bond acceptors (Lipinski definition) is 4. The minimum Gasteiger partial charge on any atom is -0.346 e. The quantitative estimate of drug-likeness (QED) is 0.405. The molecule has 0 spiro atoms. The number of anilines is 1. The van der Waals surface area contributed by atoms with Crippen LogP contribution in [0.2, 0.25) is 0 Å². The van der Waals surface area contributed by atoms with Crippen molar-refractivity contribution in [1.82, 2.24) is 20.2 Å². The van der Waals surface area contributed by atoms with Crippen LogP contribution in [-0.2, 0) is 23.1 Å². The molecule has 3 aromatic carbocycles. The molecule has 2 heterocycles. The third-order valence-corrected chi connectivity index (χ3v) is 6.19. The summed E-state index contributed by atoms with van der Waals surface area (Å²) in [5, 5.41) is 8.47. The summed E-state index contributed by atoms with van der Waals surface area (Å²) in [6, 6.07) is 23.0. The molecule has 1 aliphatic heterocycles. The van der Waals surface area contributed by atoms with Gasteiger partial charge in [0.15, 0.2) is 0 Å². The highest BCUT2D eigenvalue weighted by molar-refractivity contribution is 6.10. The standard InChI is InChI=1S/C27H25N5O3/c1-32-23-14-8-7-13-20(23)29-25(32)21(15-17-9-3-2-4-10-17)28-24(33)16-22-27(35)30-19-12-6-5-11-18(19)26(34)31-22/h2-14,21-22H,15-16H2,1H3,(H,28,33)(H,30,35)(H,31,34)/t21-,22+/m1/s1. The molecule has 35 heavy (non-hydrogen) atoms. The molecule has 0 aliphatic carbocycles. The average molecular weight is 468 g/mol. The van der Waals surface area contributed by atoms with Crippen molar-refractivity contribution < 1.29 is 14.4 Å². The van der Waals surface area contributed by atoms with Crippen molar-refractivity contribution in [3.05, 3.63) is 95.8 Å². The van der Waals surface area contributed by atoms with Gasteiger partial charge in [0.05, 0.1) is 34.7 Å². The number of para-hydroxylation sites is 3. The van der Waals surface area contributed by atoms with Gasteiger partial charge in [-0.15, -0.1) is 0 Å². The van der Waals surface area contributed by atoms with Crippen molar-refractivity contribution in [2.24, 2.45) is 7.05 Å². The molecule has 5 rings (SSSR count). The van der Waals surface area contributed by atoms with E-state index in [1.54, 1.807) is 24.3 Å². The fourth-order valence-corrected chi connectivity index (χ4v) is 4.43. The maximum Gasteiger partial charge on any atom is 0.254 e. The average Bonchev–Trinajstić information content (AvgIpc) is 3.14. The SMILES string of the molecule is Cn1c([C@@H](Cc2ccccc2)NC(=O)C[C@@H]2NC(=O)c3ccccc3NC2=O)nc2ccccc21. The first-order valence-corrected chi connectivity index (χ1v) is 11.4. The number of amides is 3. The summed E-state index contributed by atoms with van der Waals surface area (Å²) in [7, 11) is 1.92. The lowest BCUT2D eigenvalue weighted by Crippen LogP contribution is -2.45. The number of fused-ring (bicyclic) bond motifs is 2. The lowest BCUT2D eigenvalue weighted by molar-refractivity contribution is -0.126. The zero-order chi connectivity index (χ0) is 24.4. The molecule has 0 saturated heterocycles. The number of nitrogens with zero attached hydrogens (tertiary/aromatic N) is 2. The lowest BCUT2D eigenvalue weighted by atomic mass is 10.0. The van der Waals surface area contributed by atoms with E-state index >= 15 is 0 Å². The number of imidazole rings is 1. The van der Waals surface area contributed by atoms with Crippen LogP contribution in [0.25, 0.3) is 11.0 Å². The van der Waals surface area contributed by atoms with Gasteiger partial charge in [0.2, 0.25) is 11.8 Å². The molecule has 176 valence electrons. The van der Waals surface area contributed by atoms with E-state index in [1.165, 1.54) is 0 Å². The molecule has 1 aliphatic rings. The molecule has 0 fully saturated rings. The van der Waals surface area contributed by atoms with E-state index in [0.29, 0.717) is 23.5 Å². The Morgan fingerprint density at radius 2 is 1.71 bits per heavy atom. The van der Waals surface area contributed by atoms with Crippen molar-refractivity contribution >= 4 is 34.4 Å². The number of rotatable bonds is 6. The molecule has 0 radical (unpaired) electrons. The fourth-order valence-electron chi connectivity index (χ4n) is 4.43.